The second kappa shape index (κ2) is 5.57. The van der Waals surface area contributed by atoms with Crippen LogP contribution in [0.2, 0.25) is 0 Å². The topological polar surface area (TPSA) is 54.3 Å². The van der Waals surface area contributed by atoms with Crippen molar-refractivity contribution in [1.29, 1.82) is 0 Å². The third kappa shape index (κ3) is 3.60. The molecule has 1 unspecified atom stereocenters. The molecule has 0 aliphatic heterocycles. The van der Waals surface area contributed by atoms with Gasteiger partial charge in [-0.15, -0.1) is 0 Å². The van der Waals surface area contributed by atoms with E-state index in [0.717, 1.165) is 29.5 Å². The van der Waals surface area contributed by atoms with E-state index in [-0.39, 0.29) is 11.9 Å². The van der Waals surface area contributed by atoms with Crippen LogP contribution in [-0.4, -0.2) is 19.0 Å². The standard InChI is InChI=1S/C14H22N2O2/c1-9-6-13(11(3)18-9)10(2)15-8-14(17)16-7-12-4-5-12/h6,10,12,15H,4-5,7-8H2,1-3H3,(H,16,17). The van der Waals surface area contributed by atoms with E-state index in [2.05, 4.69) is 10.6 Å². The molecule has 0 radical (unpaired) electrons. The Morgan fingerprint density at radius 1 is 1.50 bits per heavy atom. The number of hydrogen-bond donors (Lipinski definition) is 2. The normalized spacial score (nSPS) is 16.6. The monoisotopic (exact) mass is 250 g/mol. The van der Waals surface area contributed by atoms with Crippen molar-refractivity contribution in [3.63, 3.8) is 0 Å². The van der Waals surface area contributed by atoms with Crippen molar-refractivity contribution in [2.24, 2.45) is 5.92 Å². The molecule has 1 aromatic rings. The molecule has 2 N–H and O–H groups in total. The fourth-order valence-electron chi connectivity index (χ4n) is 2.08. The minimum atomic E-state index is 0.0756. The number of furan rings is 1. The third-order valence-corrected chi connectivity index (χ3v) is 3.40. The van der Waals surface area contributed by atoms with E-state index in [1.165, 1.54) is 12.8 Å². The van der Waals surface area contributed by atoms with Crippen LogP contribution in [0.3, 0.4) is 0 Å². The Balaban J connectivity index is 1.74. The summed E-state index contributed by atoms with van der Waals surface area (Å²) in [4.78, 5) is 11.6. The van der Waals surface area contributed by atoms with Gasteiger partial charge < -0.3 is 15.1 Å². The molecule has 1 saturated carbocycles. The van der Waals surface area contributed by atoms with Crippen molar-refractivity contribution in [3.05, 3.63) is 23.2 Å². The zero-order valence-electron chi connectivity index (χ0n) is 11.4. The van der Waals surface area contributed by atoms with Crippen LogP contribution in [0.1, 0.15) is 42.9 Å². The van der Waals surface area contributed by atoms with E-state index in [1.807, 2.05) is 26.8 Å². The number of hydrogen-bond acceptors (Lipinski definition) is 3. The summed E-state index contributed by atoms with van der Waals surface area (Å²) in [6.07, 6.45) is 2.52. The number of carbonyl (C=O) groups is 1. The fourth-order valence-corrected chi connectivity index (χ4v) is 2.08. The molecular formula is C14H22N2O2. The number of rotatable bonds is 6. The summed E-state index contributed by atoms with van der Waals surface area (Å²) in [7, 11) is 0. The molecule has 18 heavy (non-hydrogen) atoms. The highest BCUT2D eigenvalue weighted by Gasteiger charge is 2.21. The van der Waals surface area contributed by atoms with Crippen molar-refractivity contribution >= 4 is 5.91 Å². The Morgan fingerprint density at radius 3 is 2.78 bits per heavy atom. The van der Waals surface area contributed by atoms with E-state index in [4.69, 9.17) is 4.42 Å². The fraction of sp³-hybridized carbons (Fsp3) is 0.643. The van der Waals surface area contributed by atoms with Gasteiger partial charge in [0.25, 0.3) is 0 Å². The second-order valence-electron chi connectivity index (χ2n) is 5.22. The molecule has 1 amide bonds. The Labute approximate surface area is 108 Å². The molecule has 1 fully saturated rings. The molecule has 0 aromatic carbocycles. The van der Waals surface area contributed by atoms with Gasteiger partial charge in [0.2, 0.25) is 5.91 Å². The summed E-state index contributed by atoms with van der Waals surface area (Å²) in [5, 5.41) is 6.17. The van der Waals surface area contributed by atoms with Gasteiger partial charge in [-0.1, -0.05) is 0 Å². The largest absolute Gasteiger partial charge is 0.466 e. The van der Waals surface area contributed by atoms with Gasteiger partial charge >= 0.3 is 0 Å². The third-order valence-electron chi connectivity index (χ3n) is 3.40. The first-order valence-electron chi connectivity index (χ1n) is 6.63. The first-order valence-corrected chi connectivity index (χ1v) is 6.63. The van der Waals surface area contributed by atoms with Crippen LogP contribution in [0.5, 0.6) is 0 Å². The Hall–Kier alpha value is -1.29. The lowest BCUT2D eigenvalue weighted by Gasteiger charge is -2.13. The molecule has 1 aliphatic carbocycles. The van der Waals surface area contributed by atoms with Gasteiger partial charge in [-0.05, 0) is 45.6 Å². The van der Waals surface area contributed by atoms with Crippen molar-refractivity contribution in [2.75, 3.05) is 13.1 Å². The molecule has 0 spiro atoms. The number of amides is 1. The van der Waals surface area contributed by atoms with Crippen LogP contribution in [0.25, 0.3) is 0 Å². The predicted molar refractivity (Wildman–Crippen MR) is 70.3 cm³/mol. The van der Waals surface area contributed by atoms with Crippen molar-refractivity contribution in [1.82, 2.24) is 10.6 Å². The highest BCUT2D eigenvalue weighted by atomic mass is 16.3. The summed E-state index contributed by atoms with van der Waals surface area (Å²) in [6, 6.07) is 2.16. The average Bonchev–Trinajstić information content (AvgIpc) is 3.08. The molecule has 1 atom stereocenters. The van der Waals surface area contributed by atoms with Gasteiger partial charge in [-0.3, -0.25) is 4.79 Å². The van der Waals surface area contributed by atoms with E-state index < -0.39 is 0 Å². The summed E-state index contributed by atoms with van der Waals surface area (Å²) in [5.74, 6) is 2.64. The first-order chi connectivity index (χ1) is 8.56. The number of aryl methyl sites for hydroxylation is 2. The molecule has 1 aromatic heterocycles. The molecule has 1 aliphatic rings. The molecule has 2 rings (SSSR count). The van der Waals surface area contributed by atoms with Crippen LogP contribution in [0.4, 0.5) is 0 Å². The first kappa shape index (κ1) is 13.1. The lowest BCUT2D eigenvalue weighted by molar-refractivity contribution is -0.120. The summed E-state index contributed by atoms with van der Waals surface area (Å²) in [5.41, 5.74) is 1.13. The lowest BCUT2D eigenvalue weighted by Crippen LogP contribution is -2.36. The Kier molecular flexibility index (Phi) is 4.07. The summed E-state index contributed by atoms with van der Waals surface area (Å²) < 4.78 is 5.49. The van der Waals surface area contributed by atoms with E-state index in [1.54, 1.807) is 0 Å². The number of nitrogens with one attached hydrogen (secondary N) is 2. The Morgan fingerprint density at radius 2 is 2.22 bits per heavy atom. The maximum atomic E-state index is 11.6. The minimum absolute atomic E-state index is 0.0756. The van der Waals surface area contributed by atoms with Gasteiger partial charge in [-0.2, -0.15) is 0 Å². The van der Waals surface area contributed by atoms with Crippen molar-refractivity contribution < 1.29 is 9.21 Å². The highest BCUT2D eigenvalue weighted by molar-refractivity contribution is 5.78. The molecule has 0 saturated heterocycles. The zero-order chi connectivity index (χ0) is 13.1. The van der Waals surface area contributed by atoms with E-state index >= 15 is 0 Å². The van der Waals surface area contributed by atoms with Gasteiger partial charge in [0.1, 0.15) is 11.5 Å². The predicted octanol–water partition coefficient (Wildman–Crippen LogP) is 2.07. The Bertz CT molecular complexity index is 421. The minimum Gasteiger partial charge on any atom is -0.466 e. The van der Waals surface area contributed by atoms with E-state index in [9.17, 15) is 4.79 Å². The zero-order valence-corrected chi connectivity index (χ0v) is 11.4. The quantitative estimate of drug-likeness (QED) is 0.812. The maximum Gasteiger partial charge on any atom is 0.233 e. The van der Waals surface area contributed by atoms with Crippen LogP contribution in [-0.2, 0) is 4.79 Å². The SMILES string of the molecule is Cc1cc(C(C)NCC(=O)NCC2CC2)c(C)o1. The molecule has 4 nitrogen and oxygen atoms in total. The van der Waals surface area contributed by atoms with Gasteiger partial charge in [0.15, 0.2) is 0 Å². The van der Waals surface area contributed by atoms with Gasteiger partial charge in [0.05, 0.1) is 6.54 Å². The van der Waals surface area contributed by atoms with Crippen LogP contribution >= 0.6 is 0 Å². The van der Waals surface area contributed by atoms with Crippen LogP contribution in [0.15, 0.2) is 10.5 Å². The smallest absolute Gasteiger partial charge is 0.233 e. The highest BCUT2D eigenvalue weighted by Crippen LogP contribution is 2.27. The molecule has 1 heterocycles. The second-order valence-corrected chi connectivity index (χ2v) is 5.22. The lowest BCUT2D eigenvalue weighted by atomic mass is 10.1. The van der Waals surface area contributed by atoms with Crippen molar-refractivity contribution in [2.45, 2.75) is 39.7 Å². The van der Waals surface area contributed by atoms with Crippen LogP contribution < -0.4 is 10.6 Å². The number of carbonyl (C=O) groups excluding carboxylic acids is 1. The van der Waals surface area contributed by atoms with Gasteiger partial charge in [-0.25, -0.2) is 0 Å². The van der Waals surface area contributed by atoms with Crippen molar-refractivity contribution in [3.8, 4) is 0 Å². The van der Waals surface area contributed by atoms with E-state index in [0.29, 0.717) is 6.54 Å². The summed E-state index contributed by atoms with van der Waals surface area (Å²) >= 11 is 0. The molecule has 4 heteroatoms. The maximum absolute atomic E-state index is 11.6. The average molecular weight is 250 g/mol. The molecular weight excluding hydrogens is 228 g/mol. The summed E-state index contributed by atoms with van der Waals surface area (Å²) in [6.45, 7) is 7.13. The van der Waals surface area contributed by atoms with Crippen LogP contribution in [0, 0.1) is 19.8 Å². The molecule has 0 bridgehead atoms. The molecule has 100 valence electrons. The van der Waals surface area contributed by atoms with Gasteiger partial charge in [0, 0.05) is 18.2 Å².